The Hall–Kier alpha value is -1.43. The zero-order chi connectivity index (χ0) is 15.8. The lowest BCUT2D eigenvalue weighted by Crippen LogP contribution is -2.18. The van der Waals surface area contributed by atoms with Crippen LogP contribution in [0.1, 0.15) is 37.6 Å². The molecule has 21 heavy (non-hydrogen) atoms. The lowest BCUT2D eigenvalue weighted by Gasteiger charge is -2.17. The van der Waals surface area contributed by atoms with Gasteiger partial charge in [0.2, 0.25) is 0 Å². The maximum atomic E-state index is 13.9. The van der Waals surface area contributed by atoms with Crippen LogP contribution >= 0.6 is 11.8 Å². The van der Waals surface area contributed by atoms with Crippen LogP contribution in [0.15, 0.2) is 12.1 Å². The molecule has 1 aromatic carbocycles. The number of halogens is 1. The molecule has 1 unspecified atom stereocenters. The number of thioether (sulfide) groups is 1. The van der Waals surface area contributed by atoms with E-state index in [9.17, 15) is 9.18 Å². The molecule has 0 heterocycles. The molecule has 0 saturated carbocycles. The predicted octanol–water partition coefficient (Wildman–Crippen LogP) is 3.53. The summed E-state index contributed by atoms with van der Waals surface area (Å²) in [6.07, 6.45) is 0.914. The highest BCUT2D eigenvalue weighted by molar-refractivity contribution is 7.99. The highest BCUT2D eigenvalue weighted by atomic mass is 32.2. The molecule has 0 aliphatic rings. The van der Waals surface area contributed by atoms with Crippen molar-refractivity contribution in [1.82, 2.24) is 0 Å². The molecule has 1 rings (SSSR count). The van der Waals surface area contributed by atoms with Gasteiger partial charge in [0.1, 0.15) is 5.82 Å². The van der Waals surface area contributed by atoms with Crippen molar-refractivity contribution in [2.24, 2.45) is 0 Å². The van der Waals surface area contributed by atoms with E-state index < -0.39 is 11.8 Å². The molecule has 0 aliphatic heterocycles. The summed E-state index contributed by atoms with van der Waals surface area (Å²) in [7, 11) is 0. The molecule has 0 saturated heterocycles. The number of hydrogen-bond acceptors (Lipinski definition) is 5. The van der Waals surface area contributed by atoms with Gasteiger partial charge in [0.25, 0.3) is 0 Å². The summed E-state index contributed by atoms with van der Waals surface area (Å²) in [6.45, 7) is 6.05. The van der Waals surface area contributed by atoms with Crippen LogP contribution in [-0.4, -0.2) is 30.1 Å². The van der Waals surface area contributed by atoms with E-state index in [1.807, 2.05) is 18.7 Å². The summed E-state index contributed by atoms with van der Waals surface area (Å²) < 4.78 is 18.8. The molecule has 0 aromatic heterocycles. The Morgan fingerprint density at radius 2 is 2.19 bits per heavy atom. The number of carbonyl (C=O) groups excluding carboxylic acids is 1. The first kappa shape index (κ1) is 17.6. The second kappa shape index (κ2) is 8.77. The van der Waals surface area contributed by atoms with E-state index in [1.54, 1.807) is 6.92 Å². The fourth-order valence-electron chi connectivity index (χ4n) is 1.83. The molecule has 0 spiro atoms. The van der Waals surface area contributed by atoms with E-state index in [4.69, 9.17) is 10.5 Å². The summed E-state index contributed by atoms with van der Waals surface area (Å²) in [6, 6.07) is 2.69. The summed E-state index contributed by atoms with van der Waals surface area (Å²) in [5.41, 5.74) is 6.24. The van der Waals surface area contributed by atoms with E-state index in [0.29, 0.717) is 0 Å². The van der Waals surface area contributed by atoms with Gasteiger partial charge in [-0.3, -0.25) is 0 Å². The van der Waals surface area contributed by atoms with E-state index in [0.717, 1.165) is 24.0 Å². The maximum Gasteiger partial charge on any atom is 0.340 e. The van der Waals surface area contributed by atoms with Crippen LogP contribution in [0.5, 0.6) is 0 Å². The zero-order valence-corrected chi connectivity index (χ0v) is 13.6. The second-order valence-corrected chi connectivity index (χ2v) is 6.06. The van der Waals surface area contributed by atoms with Gasteiger partial charge in [0.05, 0.1) is 17.9 Å². The number of nitrogens with one attached hydrogen (secondary N) is 1. The van der Waals surface area contributed by atoms with Gasteiger partial charge in [0, 0.05) is 11.7 Å². The molecule has 0 fully saturated rings. The molecule has 0 bridgehead atoms. The third-order valence-electron chi connectivity index (χ3n) is 2.94. The van der Waals surface area contributed by atoms with Gasteiger partial charge < -0.3 is 15.8 Å². The fourth-order valence-corrected chi connectivity index (χ4v) is 2.64. The van der Waals surface area contributed by atoms with Crippen molar-refractivity contribution in [3.8, 4) is 0 Å². The van der Waals surface area contributed by atoms with Crippen molar-refractivity contribution in [3.05, 3.63) is 23.5 Å². The van der Waals surface area contributed by atoms with Crippen molar-refractivity contribution >= 4 is 29.1 Å². The summed E-state index contributed by atoms with van der Waals surface area (Å²) in [4.78, 5) is 11.8. The molecule has 0 radical (unpaired) electrons. The number of rotatable bonds is 8. The van der Waals surface area contributed by atoms with Gasteiger partial charge in [-0.2, -0.15) is 11.8 Å². The molecule has 6 heteroatoms. The first-order chi connectivity index (χ1) is 9.99. The number of nitrogens with two attached hydrogens (primary N) is 1. The van der Waals surface area contributed by atoms with Crippen LogP contribution < -0.4 is 11.1 Å². The minimum Gasteiger partial charge on any atom is -0.462 e. The van der Waals surface area contributed by atoms with Crippen LogP contribution in [0.2, 0.25) is 0 Å². The monoisotopic (exact) mass is 314 g/mol. The minimum atomic E-state index is -0.535. The third kappa shape index (κ3) is 5.46. The molecule has 4 nitrogen and oxygen atoms in total. The largest absolute Gasteiger partial charge is 0.462 e. The fraction of sp³-hybridized carbons (Fsp3) is 0.533. The first-order valence-electron chi connectivity index (χ1n) is 7.10. The number of esters is 1. The Balaban J connectivity index is 2.82. The van der Waals surface area contributed by atoms with E-state index in [1.165, 1.54) is 6.07 Å². The number of nitrogen functional groups attached to an aromatic ring is 1. The maximum absolute atomic E-state index is 13.9. The minimum absolute atomic E-state index is 0.0886. The lowest BCUT2D eigenvalue weighted by atomic mass is 10.1. The molecular weight excluding hydrogens is 291 g/mol. The normalized spacial score (nSPS) is 12.0. The topological polar surface area (TPSA) is 64.3 Å². The van der Waals surface area contributed by atoms with Crippen LogP contribution in [0.4, 0.5) is 15.8 Å². The van der Waals surface area contributed by atoms with E-state index >= 15 is 0 Å². The Kier molecular flexibility index (Phi) is 7.36. The Labute approximate surface area is 129 Å². The van der Waals surface area contributed by atoms with Crippen molar-refractivity contribution in [2.45, 2.75) is 33.2 Å². The van der Waals surface area contributed by atoms with Crippen LogP contribution in [0.25, 0.3) is 0 Å². The number of benzene rings is 1. The van der Waals surface area contributed by atoms with Crippen molar-refractivity contribution < 1.29 is 13.9 Å². The number of anilines is 2. The van der Waals surface area contributed by atoms with Crippen molar-refractivity contribution in [1.29, 1.82) is 0 Å². The molecule has 0 aliphatic carbocycles. The summed E-state index contributed by atoms with van der Waals surface area (Å²) in [5, 5.41) is 3.08. The van der Waals surface area contributed by atoms with Crippen molar-refractivity contribution in [3.63, 3.8) is 0 Å². The van der Waals surface area contributed by atoms with Crippen LogP contribution in [-0.2, 0) is 4.74 Å². The summed E-state index contributed by atoms with van der Waals surface area (Å²) >= 11 is 1.84. The van der Waals surface area contributed by atoms with Gasteiger partial charge in [-0.25, -0.2) is 9.18 Å². The average molecular weight is 314 g/mol. The van der Waals surface area contributed by atoms with Gasteiger partial charge in [-0.1, -0.05) is 6.92 Å². The highest BCUT2D eigenvalue weighted by Crippen LogP contribution is 2.24. The third-order valence-corrected chi connectivity index (χ3v) is 3.87. The SMILES string of the molecule is CCOC(=O)c1cc(NC(C)CCSCC)c(F)cc1N. The van der Waals surface area contributed by atoms with Crippen molar-refractivity contribution in [2.75, 3.05) is 29.2 Å². The molecule has 1 aromatic rings. The number of ether oxygens (including phenoxy) is 1. The van der Waals surface area contributed by atoms with Gasteiger partial charge in [0.15, 0.2) is 0 Å². The van der Waals surface area contributed by atoms with Gasteiger partial charge in [-0.15, -0.1) is 0 Å². The number of hydrogen-bond donors (Lipinski definition) is 2. The van der Waals surface area contributed by atoms with Crippen LogP contribution in [0, 0.1) is 5.82 Å². The lowest BCUT2D eigenvalue weighted by molar-refractivity contribution is 0.0527. The Morgan fingerprint density at radius 3 is 2.81 bits per heavy atom. The van der Waals surface area contributed by atoms with Gasteiger partial charge in [-0.05, 0) is 43.9 Å². The molecular formula is C15H23FN2O2S. The molecule has 0 amide bonds. The molecule has 3 N–H and O–H groups in total. The van der Waals surface area contributed by atoms with E-state index in [2.05, 4.69) is 12.2 Å². The van der Waals surface area contributed by atoms with E-state index in [-0.39, 0.29) is 29.6 Å². The summed E-state index contributed by atoms with van der Waals surface area (Å²) in [5.74, 6) is 1.07. The highest BCUT2D eigenvalue weighted by Gasteiger charge is 2.16. The quantitative estimate of drug-likeness (QED) is 0.436. The Bertz CT molecular complexity index is 483. The number of carbonyl (C=O) groups is 1. The standard InChI is InChI=1S/C15H23FN2O2S/c1-4-20-15(19)11-8-14(12(16)9-13(11)17)18-10(3)6-7-21-5-2/h8-10,18H,4-7,17H2,1-3H3. The van der Waals surface area contributed by atoms with Crippen LogP contribution in [0.3, 0.4) is 0 Å². The smallest absolute Gasteiger partial charge is 0.340 e. The Morgan fingerprint density at radius 1 is 1.48 bits per heavy atom. The predicted molar refractivity (Wildman–Crippen MR) is 87.5 cm³/mol. The molecule has 1 atom stereocenters. The zero-order valence-electron chi connectivity index (χ0n) is 12.7. The average Bonchev–Trinajstić information content (AvgIpc) is 2.42. The molecule has 118 valence electrons. The van der Waals surface area contributed by atoms with Gasteiger partial charge >= 0.3 is 5.97 Å². The first-order valence-corrected chi connectivity index (χ1v) is 8.25. The second-order valence-electron chi connectivity index (χ2n) is 4.67.